The predicted octanol–water partition coefficient (Wildman–Crippen LogP) is 2.26. The molecule has 1 atom stereocenters. The molecule has 19 heavy (non-hydrogen) atoms. The lowest BCUT2D eigenvalue weighted by atomic mass is 10.1. The minimum Gasteiger partial charge on any atom is -0.394 e. The molecule has 0 aliphatic rings. The number of hydrogen-bond acceptors (Lipinski definition) is 3. The third-order valence-electron chi connectivity index (χ3n) is 2.79. The lowest BCUT2D eigenvalue weighted by molar-refractivity contribution is 0.105. The second-order valence-corrected chi connectivity index (χ2v) is 4.30. The average molecular weight is 261 g/mol. The zero-order valence-electron chi connectivity index (χ0n) is 10.4. The Labute approximate surface area is 111 Å². The van der Waals surface area contributed by atoms with E-state index in [0.29, 0.717) is 0 Å². The van der Waals surface area contributed by atoms with Gasteiger partial charge in [-0.05, 0) is 35.4 Å². The molecule has 0 spiro atoms. The van der Waals surface area contributed by atoms with Gasteiger partial charge in [-0.2, -0.15) is 0 Å². The van der Waals surface area contributed by atoms with Gasteiger partial charge in [0.25, 0.3) is 0 Å². The number of aliphatic hydroxyl groups is 2. The Hall–Kier alpha value is -1.91. The van der Waals surface area contributed by atoms with E-state index in [-0.39, 0.29) is 19.0 Å². The second-order valence-electron chi connectivity index (χ2n) is 4.30. The smallest absolute Gasteiger partial charge is 0.123 e. The van der Waals surface area contributed by atoms with Crippen molar-refractivity contribution >= 4 is 5.69 Å². The van der Waals surface area contributed by atoms with Crippen molar-refractivity contribution in [3.05, 3.63) is 54.3 Å². The molecule has 0 aliphatic carbocycles. The van der Waals surface area contributed by atoms with Crippen LogP contribution in [0.4, 0.5) is 10.1 Å². The van der Waals surface area contributed by atoms with Gasteiger partial charge in [-0.3, -0.25) is 0 Å². The number of benzene rings is 2. The molecule has 100 valence electrons. The molecule has 4 heteroatoms. The molecule has 0 heterocycles. The van der Waals surface area contributed by atoms with Gasteiger partial charge in [0, 0.05) is 12.2 Å². The summed E-state index contributed by atoms with van der Waals surface area (Å²) in [5, 5.41) is 21.1. The average Bonchev–Trinajstić information content (AvgIpc) is 2.46. The molecule has 0 aliphatic heterocycles. The first-order valence-electron chi connectivity index (χ1n) is 6.08. The quantitative estimate of drug-likeness (QED) is 0.774. The van der Waals surface area contributed by atoms with Crippen molar-refractivity contribution in [2.24, 2.45) is 0 Å². The summed E-state index contributed by atoms with van der Waals surface area (Å²) in [5.41, 5.74) is 2.73. The van der Waals surface area contributed by atoms with Crippen LogP contribution in [-0.2, 0) is 0 Å². The highest BCUT2D eigenvalue weighted by molar-refractivity contribution is 5.68. The predicted molar refractivity (Wildman–Crippen MR) is 73.4 cm³/mol. The summed E-state index contributed by atoms with van der Waals surface area (Å²) in [7, 11) is 0. The Kier molecular flexibility index (Phi) is 4.49. The fraction of sp³-hybridized carbons (Fsp3) is 0.200. The minimum atomic E-state index is -0.783. The van der Waals surface area contributed by atoms with E-state index in [2.05, 4.69) is 5.32 Å². The van der Waals surface area contributed by atoms with Crippen molar-refractivity contribution < 1.29 is 14.6 Å². The van der Waals surface area contributed by atoms with Crippen molar-refractivity contribution in [3.8, 4) is 11.1 Å². The van der Waals surface area contributed by atoms with Crippen molar-refractivity contribution in [3.63, 3.8) is 0 Å². The highest BCUT2D eigenvalue weighted by atomic mass is 19.1. The van der Waals surface area contributed by atoms with Gasteiger partial charge in [0.05, 0.1) is 12.7 Å². The van der Waals surface area contributed by atoms with Crippen molar-refractivity contribution in [2.45, 2.75) is 6.10 Å². The molecule has 0 saturated heterocycles. The zero-order valence-corrected chi connectivity index (χ0v) is 10.4. The third kappa shape index (κ3) is 3.77. The molecular weight excluding hydrogens is 245 g/mol. The largest absolute Gasteiger partial charge is 0.394 e. The molecule has 2 aromatic rings. The highest BCUT2D eigenvalue weighted by Crippen LogP contribution is 2.22. The molecule has 2 aromatic carbocycles. The molecule has 0 bridgehead atoms. The van der Waals surface area contributed by atoms with Crippen LogP contribution in [-0.4, -0.2) is 29.5 Å². The van der Waals surface area contributed by atoms with Gasteiger partial charge in [-0.15, -0.1) is 0 Å². The molecule has 1 unspecified atom stereocenters. The van der Waals surface area contributed by atoms with E-state index in [4.69, 9.17) is 5.11 Å². The number of nitrogens with one attached hydrogen (secondary N) is 1. The van der Waals surface area contributed by atoms with Gasteiger partial charge in [0.2, 0.25) is 0 Å². The van der Waals surface area contributed by atoms with Crippen LogP contribution in [0.15, 0.2) is 48.5 Å². The minimum absolute atomic E-state index is 0.260. The molecular formula is C15H16FNO2. The maximum Gasteiger partial charge on any atom is 0.123 e. The number of rotatable bonds is 5. The summed E-state index contributed by atoms with van der Waals surface area (Å²) in [5.74, 6) is -0.260. The zero-order chi connectivity index (χ0) is 13.7. The molecule has 3 nitrogen and oxygen atoms in total. The summed E-state index contributed by atoms with van der Waals surface area (Å²) < 4.78 is 12.9. The van der Waals surface area contributed by atoms with Crippen LogP contribution < -0.4 is 5.32 Å². The maximum absolute atomic E-state index is 12.9. The summed E-state index contributed by atoms with van der Waals surface area (Å²) >= 11 is 0. The standard InChI is InChI=1S/C15H16FNO2/c16-13-6-4-11(5-7-13)12-2-1-3-14(8-12)17-9-15(19)10-18/h1-8,15,17-19H,9-10H2. The Morgan fingerprint density at radius 1 is 1.05 bits per heavy atom. The van der Waals surface area contributed by atoms with Gasteiger partial charge in [0.1, 0.15) is 5.82 Å². The Morgan fingerprint density at radius 2 is 1.79 bits per heavy atom. The normalized spacial score (nSPS) is 12.2. The Balaban J connectivity index is 2.12. The number of halogens is 1. The van der Waals surface area contributed by atoms with Crippen molar-refractivity contribution in [2.75, 3.05) is 18.5 Å². The van der Waals surface area contributed by atoms with Crippen LogP contribution in [0.1, 0.15) is 0 Å². The topological polar surface area (TPSA) is 52.5 Å². The third-order valence-corrected chi connectivity index (χ3v) is 2.79. The number of aliphatic hydroxyl groups excluding tert-OH is 2. The Bertz CT molecular complexity index is 528. The summed E-state index contributed by atoms with van der Waals surface area (Å²) in [4.78, 5) is 0. The first-order chi connectivity index (χ1) is 9.19. The lowest BCUT2D eigenvalue weighted by Gasteiger charge is -2.11. The summed E-state index contributed by atoms with van der Waals surface area (Å²) in [6.07, 6.45) is -0.783. The SMILES string of the molecule is OCC(O)CNc1cccc(-c2ccc(F)cc2)c1. The first kappa shape index (κ1) is 13.5. The van der Waals surface area contributed by atoms with Gasteiger partial charge >= 0.3 is 0 Å². The van der Waals surface area contributed by atoms with Crippen LogP contribution in [0.25, 0.3) is 11.1 Å². The fourth-order valence-corrected chi connectivity index (χ4v) is 1.75. The van der Waals surface area contributed by atoms with E-state index in [1.807, 2.05) is 24.3 Å². The molecule has 0 radical (unpaired) electrons. The Morgan fingerprint density at radius 3 is 2.47 bits per heavy atom. The lowest BCUT2D eigenvalue weighted by Crippen LogP contribution is -2.22. The van der Waals surface area contributed by atoms with Crippen LogP contribution >= 0.6 is 0 Å². The van der Waals surface area contributed by atoms with Crippen LogP contribution in [0, 0.1) is 5.82 Å². The second kappa shape index (κ2) is 6.31. The van der Waals surface area contributed by atoms with Gasteiger partial charge < -0.3 is 15.5 Å². The monoisotopic (exact) mass is 261 g/mol. The van der Waals surface area contributed by atoms with E-state index in [1.54, 1.807) is 12.1 Å². The molecule has 0 saturated carbocycles. The van der Waals surface area contributed by atoms with Gasteiger partial charge in [-0.25, -0.2) is 4.39 Å². The summed E-state index contributed by atoms with van der Waals surface area (Å²) in [6, 6.07) is 13.9. The van der Waals surface area contributed by atoms with Crippen molar-refractivity contribution in [1.82, 2.24) is 0 Å². The summed E-state index contributed by atoms with van der Waals surface area (Å²) in [6.45, 7) is 0.00796. The van der Waals surface area contributed by atoms with Crippen LogP contribution in [0.3, 0.4) is 0 Å². The maximum atomic E-state index is 12.9. The van der Waals surface area contributed by atoms with E-state index in [0.717, 1.165) is 16.8 Å². The molecule has 2 rings (SSSR count). The van der Waals surface area contributed by atoms with E-state index < -0.39 is 6.10 Å². The van der Waals surface area contributed by atoms with E-state index in [9.17, 15) is 9.50 Å². The van der Waals surface area contributed by atoms with Crippen LogP contribution in [0.2, 0.25) is 0 Å². The van der Waals surface area contributed by atoms with E-state index >= 15 is 0 Å². The molecule has 0 fully saturated rings. The van der Waals surface area contributed by atoms with E-state index in [1.165, 1.54) is 12.1 Å². The highest BCUT2D eigenvalue weighted by Gasteiger charge is 2.03. The van der Waals surface area contributed by atoms with Gasteiger partial charge in [0.15, 0.2) is 0 Å². The fourth-order valence-electron chi connectivity index (χ4n) is 1.75. The van der Waals surface area contributed by atoms with Crippen LogP contribution in [0.5, 0.6) is 0 Å². The number of anilines is 1. The molecule has 0 aromatic heterocycles. The van der Waals surface area contributed by atoms with Gasteiger partial charge in [-0.1, -0.05) is 24.3 Å². The molecule has 3 N–H and O–H groups in total. The number of hydrogen-bond donors (Lipinski definition) is 3. The molecule has 0 amide bonds. The first-order valence-corrected chi connectivity index (χ1v) is 6.08. The van der Waals surface area contributed by atoms with Crippen molar-refractivity contribution in [1.29, 1.82) is 0 Å².